The lowest BCUT2D eigenvalue weighted by molar-refractivity contribution is -0.130. The summed E-state index contributed by atoms with van der Waals surface area (Å²) >= 11 is 0. The number of carbonyl (C=O) groups excluding carboxylic acids is 1. The molecule has 0 atom stereocenters. The minimum atomic E-state index is -0.571. The maximum Gasteiger partial charge on any atom is 0.341 e. The Hall–Kier alpha value is -1.61. The number of hydrogen-bond donors (Lipinski definition) is 1. The minimum absolute atomic E-state index is 0.0699. The van der Waals surface area contributed by atoms with E-state index in [0.717, 1.165) is 5.92 Å². The Bertz CT molecular complexity index is 525. The molecule has 3 heteroatoms. The highest BCUT2D eigenvalue weighted by Gasteiger charge is 2.22. The zero-order valence-corrected chi connectivity index (χ0v) is 14.8. The number of unbranched alkanes of at least 4 members (excludes halogenated alkanes) is 2. The first-order valence-electron chi connectivity index (χ1n) is 9.24. The van der Waals surface area contributed by atoms with E-state index in [-0.39, 0.29) is 12.2 Å². The lowest BCUT2D eigenvalue weighted by atomic mass is 9.77. The third kappa shape index (κ3) is 5.48. The van der Waals surface area contributed by atoms with Crippen LogP contribution in [0.5, 0.6) is 5.75 Å². The van der Waals surface area contributed by atoms with E-state index >= 15 is 0 Å². The average molecular weight is 330 g/mol. The molecule has 3 nitrogen and oxygen atoms in total. The molecule has 0 aromatic heterocycles. The molecule has 0 radical (unpaired) electrons. The van der Waals surface area contributed by atoms with Crippen molar-refractivity contribution in [1.29, 1.82) is 0 Å². The van der Waals surface area contributed by atoms with Gasteiger partial charge >= 0.3 is 5.97 Å². The van der Waals surface area contributed by atoms with Gasteiger partial charge in [0, 0.05) is 0 Å². The number of benzene rings is 1. The molecular weight excluding hydrogens is 300 g/mol. The molecular formula is C21H30O3. The van der Waals surface area contributed by atoms with Crippen molar-refractivity contribution in [3.8, 4) is 5.75 Å². The number of rotatable bonds is 8. The van der Waals surface area contributed by atoms with Gasteiger partial charge in [-0.25, -0.2) is 4.79 Å². The molecule has 0 spiro atoms. The van der Waals surface area contributed by atoms with Crippen molar-refractivity contribution < 1.29 is 14.6 Å². The molecule has 0 aliphatic heterocycles. The standard InChI is InChI=1S/C21H30O3/c1-3-4-5-6-17-7-9-18(10-8-17)19-11-13-20(14-12-19)24-21(23)16(2)15-22/h11-14,17-18,22H,2-10,15H2,1H3. The highest BCUT2D eigenvalue weighted by atomic mass is 16.5. The molecule has 24 heavy (non-hydrogen) atoms. The second kappa shape index (κ2) is 9.63. The summed E-state index contributed by atoms with van der Waals surface area (Å²) in [5, 5.41) is 8.89. The van der Waals surface area contributed by atoms with Crippen LogP contribution >= 0.6 is 0 Å². The number of ether oxygens (including phenoxy) is 1. The fourth-order valence-corrected chi connectivity index (χ4v) is 3.52. The van der Waals surface area contributed by atoms with Crippen molar-refractivity contribution in [2.24, 2.45) is 5.92 Å². The largest absolute Gasteiger partial charge is 0.423 e. The van der Waals surface area contributed by atoms with E-state index in [1.54, 1.807) is 0 Å². The van der Waals surface area contributed by atoms with Gasteiger partial charge in [-0.1, -0.05) is 51.3 Å². The van der Waals surface area contributed by atoms with E-state index in [0.29, 0.717) is 11.7 Å². The van der Waals surface area contributed by atoms with Crippen LogP contribution in [0, 0.1) is 5.92 Å². The molecule has 2 rings (SSSR count). The molecule has 1 aliphatic rings. The minimum Gasteiger partial charge on any atom is -0.423 e. The topological polar surface area (TPSA) is 46.5 Å². The van der Waals surface area contributed by atoms with Crippen LogP contribution in [0.15, 0.2) is 36.4 Å². The fourth-order valence-electron chi connectivity index (χ4n) is 3.52. The first kappa shape index (κ1) is 18.7. The average Bonchev–Trinajstić information content (AvgIpc) is 2.62. The fraction of sp³-hybridized carbons (Fsp3) is 0.571. The van der Waals surface area contributed by atoms with Gasteiger partial charge in [0.25, 0.3) is 0 Å². The number of hydrogen-bond acceptors (Lipinski definition) is 3. The SMILES string of the molecule is C=C(CO)C(=O)Oc1ccc(C2CCC(CCCCC)CC2)cc1. The van der Waals surface area contributed by atoms with Crippen molar-refractivity contribution in [2.45, 2.75) is 64.2 Å². The Morgan fingerprint density at radius 2 is 1.83 bits per heavy atom. The molecule has 0 bridgehead atoms. The monoisotopic (exact) mass is 330 g/mol. The van der Waals surface area contributed by atoms with Gasteiger partial charge in [0.15, 0.2) is 0 Å². The summed E-state index contributed by atoms with van der Waals surface area (Å²) in [6.07, 6.45) is 10.6. The molecule has 0 amide bonds. The first-order chi connectivity index (χ1) is 11.6. The highest BCUT2D eigenvalue weighted by Crippen LogP contribution is 2.38. The predicted octanol–water partition coefficient (Wildman–Crippen LogP) is 4.99. The van der Waals surface area contributed by atoms with Crippen LogP contribution in [-0.2, 0) is 4.79 Å². The predicted molar refractivity (Wildman–Crippen MR) is 97.1 cm³/mol. The van der Waals surface area contributed by atoms with Gasteiger partial charge in [-0.2, -0.15) is 0 Å². The summed E-state index contributed by atoms with van der Waals surface area (Å²) < 4.78 is 5.18. The van der Waals surface area contributed by atoms with Crippen LogP contribution in [-0.4, -0.2) is 17.7 Å². The summed E-state index contributed by atoms with van der Waals surface area (Å²) in [5.41, 5.74) is 1.41. The molecule has 0 heterocycles. The maximum absolute atomic E-state index is 11.6. The third-order valence-corrected chi connectivity index (χ3v) is 5.10. The Morgan fingerprint density at radius 3 is 2.42 bits per heavy atom. The van der Waals surface area contributed by atoms with Crippen molar-refractivity contribution in [3.05, 3.63) is 42.0 Å². The van der Waals surface area contributed by atoms with Gasteiger partial charge in [-0.05, 0) is 55.2 Å². The molecule has 0 unspecified atom stereocenters. The molecule has 0 saturated heterocycles. The van der Waals surface area contributed by atoms with E-state index in [9.17, 15) is 4.79 Å². The Balaban J connectivity index is 1.82. The molecule has 1 saturated carbocycles. The third-order valence-electron chi connectivity index (χ3n) is 5.10. The molecule has 132 valence electrons. The number of aliphatic hydroxyl groups is 1. The lowest BCUT2D eigenvalue weighted by Gasteiger charge is -2.29. The van der Waals surface area contributed by atoms with Crippen LogP contribution in [0.3, 0.4) is 0 Å². The van der Waals surface area contributed by atoms with Crippen LogP contribution in [0.4, 0.5) is 0 Å². The zero-order valence-electron chi connectivity index (χ0n) is 14.8. The molecule has 1 aliphatic carbocycles. The van der Waals surface area contributed by atoms with Crippen LogP contribution in [0.25, 0.3) is 0 Å². The second-order valence-corrected chi connectivity index (χ2v) is 6.93. The van der Waals surface area contributed by atoms with Gasteiger partial charge < -0.3 is 9.84 Å². The van der Waals surface area contributed by atoms with E-state index in [1.165, 1.54) is 56.9 Å². The maximum atomic E-state index is 11.6. The summed E-state index contributed by atoms with van der Waals surface area (Å²) in [5.74, 6) is 1.48. The molecule has 1 fully saturated rings. The Labute approximate surface area is 145 Å². The van der Waals surface area contributed by atoms with Crippen LogP contribution in [0.1, 0.15) is 69.8 Å². The first-order valence-corrected chi connectivity index (χ1v) is 9.24. The summed E-state index contributed by atoms with van der Waals surface area (Å²) in [4.78, 5) is 11.6. The molecule has 1 aromatic rings. The quantitative estimate of drug-likeness (QED) is 0.316. The summed E-state index contributed by atoms with van der Waals surface area (Å²) in [7, 11) is 0. The zero-order chi connectivity index (χ0) is 17.4. The van der Waals surface area contributed by atoms with Gasteiger partial charge in [0.2, 0.25) is 0 Å². The number of esters is 1. The molecule has 1 aromatic carbocycles. The molecule has 1 N–H and O–H groups in total. The van der Waals surface area contributed by atoms with E-state index in [2.05, 4.69) is 25.6 Å². The van der Waals surface area contributed by atoms with E-state index in [1.807, 2.05) is 12.1 Å². The Morgan fingerprint density at radius 1 is 1.17 bits per heavy atom. The normalized spacial score (nSPS) is 20.6. The van der Waals surface area contributed by atoms with Gasteiger partial charge in [-0.3, -0.25) is 0 Å². The van der Waals surface area contributed by atoms with Crippen LogP contribution < -0.4 is 4.74 Å². The van der Waals surface area contributed by atoms with E-state index < -0.39 is 5.97 Å². The van der Waals surface area contributed by atoms with E-state index in [4.69, 9.17) is 9.84 Å². The second-order valence-electron chi connectivity index (χ2n) is 6.93. The highest BCUT2D eigenvalue weighted by molar-refractivity contribution is 5.89. The summed E-state index contributed by atoms with van der Waals surface area (Å²) in [6, 6.07) is 7.80. The van der Waals surface area contributed by atoms with Gasteiger partial charge in [-0.15, -0.1) is 0 Å². The smallest absolute Gasteiger partial charge is 0.341 e. The summed E-state index contributed by atoms with van der Waals surface area (Å²) in [6.45, 7) is 5.35. The number of aliphatic hydroxyl groups excluding tert-OH is 1. The van der Waals surface area contributed by atoms with Gasteiger partial charge in [0.05, 0.1) is 12.2 Å². The Kier molecular flexibility index (Phi) is 7.51. The van der Waals surface area contributed by atoms with Crippen molar-refractivity contribution >= 4 is 5.97 Å². The lowest BCUT2D eigenvalue weighted by Crippen LogP contribution is -2.14. The van der Waals surface area contributed by atoms with Crippen molar-refractivity contribution in [1.82, 2.24) is 0 Å². The van der Waals surface area contributed by atoms with Crippen molar-refractivity contribution in [3.63, 3.8) is 0 Å². The van der Waals surface area contributed by atoms with Crippen LogP contribution in [0.2, 0.25) is 0 Å². The van der Waals surface area contributed by atoms with Gasteiger partial charge in [0.1, 0.15) is 5.75 Å². The number of carbonyl (C=O) groups is 1. The van der Waals surface area contributed by atoms with Crippen molar-refractivity contribution in [2.75, 3.05) is 6.61 Å².